The van der Waals surface area contributed by atoms with E-state index in [-0.39, 0.29) is 18.1 Å². The summed E-state index contributed by atoms with van der Waals surface area (Å²) in [6.07, 6.45) is 0.366. The highest BCUT2D eigenvalue weighted by molar-refractivity contribution is 5.69. The lowest BCUT2D eigenvalue weighted by molar-refractivity contribution is -0.141. The highest BCUT2D eigenvalue weighted by atomic mass is 16.5. The van der Waals surface area contributed by atoms with Gasteiger partial charge in [0, 0.05) is 12.1 Å². The summed E-state index contributed by atoms with van der Waals surface area (Å²) in [7, 11) is 1.40. The van der Waals surface area contributed by atoms with Crippen LogP contribution in [0.1, 0.15) is 25.8 Å². The van der Waals surface area contributed by atoms with Gasteiger partial charge in [-0.3, -0.25) is 4.79 Å². The summed E-state index contributed by atoms with van der Waals surface area (Å²) in [5.74, 6) is 0.659. The van der Waals surface area contributed by atoms with E-state index in [0.717, 1.165) is 5.75 Å². The Morgan fingerprint density at radius 1 is 1.21 bits per heavy atom. The van der Waals surface area contributed by atoms with Crippen LogP contribution in [-0.4, -0.2) is 31.8 Å². The molecular weight excluding hydrogens is 242 g/mol. The van der Waals surface area contributed by atoms with Gasteiger partial charge in [0.05, 0.1) is 13.5 Å². The van der Waals surface area contributed by atoms with Crippen molar-refractivity contribution >= 4 is 5.97 Å². The molecule has 0 amide bonds. The minimum Gasteiger partial charge on any atom is -0.492 e. The average molecular weight is 265 g/mol. The second-order valence-electron chi connectivity index (χ2n) is 4.87. The van der Waals surface area contributed by atoms with Crippen molar-refractivity contribution in [2.24, 2.45) is 0 Å². The van der Waals surface area contributed by atoms with Gasteiger partial charge < -0.3 is 14.8 Å². The van der Waals surface area contributed by atoms with Crippen LogP contribution in [-0.2, 0) is 9.53 Å². The molecule has 1 rings (SSSR count). The molecule has 0 heterocycles. The van der Waals surface area contributed by atoms with E-state index in [1.54, 1.807) is 0 Å². The molecule has 0 bridgehead atoms. The fourth-order valence-corrected chi connectivity index (χ4v) is 1.78. The molecule has 0 spiro atoms. The number of hydrogen-bond donors (Lipinski definition) is 1. The number of carbonyl (C=O) groups is 1. The van der Waals surface area contributed by atoms with E-state index in [2.05, 4.69) is 10.1 Å². The van der Waals surface area contributed by atoms with Crippen molar-refractivity contribution in [2.45, 2.75) is 39.3 Å². The summed E-state index contributed by atoms with van der Waals surface area (Å²) in [6, 6.07) is 8.20. The fraction of sp³-hybridized carbons (Fsp3) is 0.533. The second kappa shape index (κ2) is 7.79. The minimum atomic E-state index is -0.202. The van der Waals surface area contributed by atoms with Gasteiger partial charge in [0.2, 0.25) is 0 Å². The summed E-state index contributed by atoms with van der Waals surface area (Å²) in [5.41, 5.74) is 1.21. The molecule has 19 heavy (non-hydrogen) atoms. The van der Waals surface area contributed by atoms with Crippen LogP contribution < -0.4 is 10.1 Å². The molecule has 1 aromatic carbocycles. The Kier molecular flexibility index (Phi) is 6.36. The van der Waals surface area contributed by atoms with Gasteiger partial charge in [0.15, 0.2) is 0 Å². The predicted molar refractivity (Wildman–Crippen MR) is 75.4 cm³/mol. The van der Waals surface area contributed by atoms with Crippen LogP contribution >= 0.6 is 0 Å². The number of carbonyl (C=O) groups excluding carboxylic acids is 1. The smallest absolute Gasteiger partial charge is 0.307 e. The zero-order valence-electron chi connectivity index (χ0n) is 12.1. The van der Waals surface area contributed by atoms with Gasteiger partial charge >= 0.3 is 5.97 Å². The van der Waals surface area contributed by atoms with Gasteiger partial charge in [-0.15, -0.1) is 0 Å². The molecule has 0 fully saturated rings. The van der Waals surface area contributed by atoms with Crippen molar-refractivity contribution in [2.75, 3.05) is 13.7 Å². The number of benzene rings is 1. The first-order valence-corrected chi connectivity index (χ1v) is 6.53. The molecule has 1 N–H and O–H groups in total. The first-order chi connectivity index (χ1) is 9.01. The van der Waals surface area contributed by atoms with E-state index in [1.165, 1.54) is 12.7 Å². The molecular formula is C15H23NO3. The van der Waals surface area contributed by atoms with E-state index in [4.69, 9.17) is 4.74 Å². The summed E-state index contributed by atoms with van der Waals surface area (Å²) in [4.78, 5) is 11.1. The van der Waals surface area contributed by atoms with Crippen LogP contribution in [0.5, 0.6) is 5.75 Å². The molecule has 4 heteroatoms. The van der Waals surface area contributed by atoms with Crippen molar-refractivity contribution in [1.29, 1.82) is 0 Å². The number of esters is 1. The third kappa shape index (κ3) is 6.25. The number of nitrogens with one attached hydrogen (secondary N) is 1. The Morgan fingerprint density at radius 2 is 1.84 bits per heavy atom. The van der Waals surface area contributed by atoms with Gasteiger partial charge in [-0.25, -0.2) is 0 Å². The Morgan fingerprint density at radius 3 is 2.42 bits per heavy atom. The maximum absolute atomic E-state index is 11.1. The van der Waals surface area contributed by atoms with Crippen molar-refractivity contribution in [3.05, 3.63) is 29.8 Å². The third-order valence-corrected chi connectivity index (χ3v) is 2.79. The van der Waals surface area contributed by atoms with Gasteiger partial charge in [-0.1, -0.05) is 17.7 Å². The second-order valence-corrected chi connectivity index (χ2v) is 4.87. The van der Waals surface area contributed by atoms with E-state index in [9.17, 15) is 4.79 Å². The molecule has 0 aliphatic carbocycles. The molecule has 0 aliphatic heterocycles. The van der Waals surface area contributed by atoms with Crippen LogP contribution in [0, 0.1) is 6.92 Å². The fourth-order valence-electron chi connectivity index (χ4n) is 1.78. The van der Waals surface area contributed by atoms with E-state index in [0.29, 0.717) is 13.0 Å². The van der Waals surface area contributed by atoms with Gasteiger partial charge in [0.25, 0.3) is 0 Å². The van der Waals surface area contributed by atoms with Crippen molar-refractivity contribution in [3.8, 4) is 5.75 Å². The summed E-state index contributed by atoms with van der Waals surface area (Å²) >= 11 is 0. The lowest BCUT2D eigenvalue weighted by Gasteiger charge is -2.19. The maximum atomic E-state index is 11.1. The molecule has 0 saturated carbocycles. The van der Waals surface area contributed by atoms with Crippen molar-refractivity contribution in [1.82, 2.24) is 5.32 Å². The first kappa shape index (κ1) is 15.5. The molecule has 4 nitrogen and oxygen atoms in total. The largest absolute Gasteiger partial charge is 0.492 e. The Balaban J connectivity index is 2.29. The standard InChI is InChI=1S/C15H23NO3/c1-11-5-7-14(8-6-11)19-10-13(3)16-12(2)9-15(17)18-4/h5-8,12-13,16H,9-10H2,1-4H3. The summed E-state index contributed by atoms with van der Waals surface area (Å²) < 4.78 is 10.3. The van der Waals surface area contributed by atoms with Crippen LogP contribution in [0.2, 0.25) is 0 Å². The Labute approximate surface area is 115 Å². The van der Waals surface area contributed by atoms with Gasteiger partial charge in [0.1, 0.15) is 12.4 Å². The van der Waals surface area contributed by atoms with Crippen LogP contribution in [0.4, 0.5) is 0 Å². The molecule has 0 radical (unpaired) electrons. The maximum Gasteiger partial charge on any atom is 0.307 e. The zero-order chi connectivity index (χ0) is 14.3. The van der Waals surface area contributed by atoms with E-state index in [1.807, 2.05) is 45.0 Å². The van der Waals surface area contributed by atoms with Gasteiger partial charge in [-0.05, 0) is 32.9 Å². The highest BCUT2D eigenvalue weighted by Crippen LogP contribution is 2.11. The van der Waals surface area contributed by atoms with Crippen LogP contribution in [0.25, 0.3) is 0 Å². The van der Waals surface area contributed by atoms with E-state index >= 15 is 0 Å². The summed E-state index contributed by atoms with van der Waals surface area (Å²) in [5, 5.41) is 3.30. The number of rotatable bonds is 7. The topological polar surface area (TPSA) is 47.6 Å². The molecule has 2 unspecified atom stereocenters. The quantitative estimate of drug-likeness (QED) is 0.769. The molecule has 0 saturated heterocycles. The number of hydrogen-bond acceptors (Lipinski definition) is 4. The van der Waals surface area contributed by atoms with Gasteiger partial charge in [-0.2, -0.15) is 0 Å². The monoisotopic (exact) mass is 265 g/mol. The SMILES string of the molecule is COC(=O)CC(C)NC(C)COc1ccc(C)cc1. The van der Waals surface area contributed by atoms with Crippen molar-refractivity contribution < 1.29 is 14.3 Å². The summed E-state index contributed by atoms with van der Waals surface area (Å²) in [6.45, 7) is 6.60. The van der Waals surface area contributed by atoms with Crippen LogP contribution in [0.3, 0.4) is 0 Å². The number of aryl methyl sites for hydroxylation is 1. The van der Waals surface area contributed by atoms with E-state index < -0.39 is 0 Å². The average Bonchev–Trinajstić information content (AvgIpc) is 2.37. The minimum absolute atomic E-state index is 0.0732. The molecule has 0 aromatic heterocycles. The predicted octanol–water partition coefficient (Wildman–Crippen LogP) is 2.30. The number of ether oxygens (including phenoxy) is 2. The third-order valence-electron chi connectivity index (χ3n) is 2.79. The van der Waals surface area contributed by atoms with Crippen LogP contribution in [0.15, 0.2) is 24.3 Å². The molecule has 0 aliphatic rings. The molecule has 106 valence electrons. The molecule has 1 aromatic rings. The Bertz CT molecular complexity index is 389. The van der Waals surface area contributed by atoms with Crippen molar-refractivity contribution in [3.63, 3.8) is 0 Å². The first-order valence-electron chi connectivity index (χ1n) is 6.53. The zero-order valence-corrected chi connectivity index (χ0v) is 12.1. The number of methoxy groups -OCH3 is 1. The molecule has 2 atom stereocenters. The lowest BCUT2D eigenvalue weighted by atomic mass is 10.2. The Hall–Kier alpha value is -1.55. The lowest BCUT2D eigenvalue weighted by Crippen LogP contribution is -2.39. The normalized spacial score (nSPS) is 13.7. The highest BCUT2D eigenvalue weighted by Gasteiger charge is 2.12.